The van der Waals surface area contributed by atoms with Crippen LogP contribution in [0.5, 0.6) is 28.7 Å². The number of aliphatic hydroxyl groups excluding tert-OH is 3. The SMILES string of the molecule is C[C@@H]1O[C@@H](O[C@@H]2C(=O)c3c(O)cc(O)cc3OC2c2cc(O)cc(O)c2)[C@H](O)[C@H](O)[C@H]1O. The number of Topliss-reactive ketones (excluding diaryl/α,β-unsaturated/α-hetero) is 1. The van der Waals surface area contributed by atoms with Gasteiger partial charge in [0.05, 0.1) is 6.10 Å². The van der Waals surface area contributed by atoms with E-state index < -0.39 is 54.4 Å². The highest BCUT2D eigenvalue weighted by atomic mass is 16.7. The summed E-state index contributed by atoms with van der Waals surface area (Å²) in [5, 5.41) is 70.0. The average Bonchev–Trinajstić information content (AvgIpc) is 2.70. The van der Waals surface area contributed by atoms with Crippen LogP contribution in [0.2, 0.25) is 0 Å². The van der Waals surface area contributed by atoms with E-state index in [1.165, 1.54) is 19.1 Å². The first-order valence-electron chi connectivity index (χ1n) is 9.71. The summed E-state index contributed by atoms with van der Waals surface area (Å²) in [6, 6.07) is 5.52. The molecule has 0 aromatic heterocycles. The molecule has 2 aliphatic rings. The lowest BCUT2D eigenvalue weighted by atomic mass is 9.92. The van der Waals surface area contributed by atoms with E-state index in [1.807, 2.05) is 0 Å². The van der Waals surface area contributed by atoms with Crippen LogP contribution >= 0.6 is 0 Å². The maximum absolute atomic E-state index is 13.3. The third-order valence-corrected chi connectivity index (χ3v) is 5.44. The van der Waals surface area contributed by atoms with Crippen LogP contribution in [0.15, 0.2) is 30.3 Å². The van der Waals surface area contributed by atoms with Gasteiger partial charge in [-0.3, -0.25) is 4.79 Å². The molecule has 32 heavy (non-hydrogen) atoms. The standard InChI is InChI=1S/C21H22O11/c1-7-15(26)17(28)18(29)21(30-7)32-20-16(27)14-12(25)5-11(24)6-13(14)31-19(20)8-2-9(22)4-10(23)3-8/h2-7,15,17-26,28-29H,1H3/t7-,15-,17+,18+,19?,20+,21-/m0/s1. The summed E-state index contributed by atoms with van der Waals surface area (Å²) in [6.45, 7) is 1.43. The van der Waals surface area contributed by atoms with E-state index in [1.54, 1.807) is 0 Å². The zero-order chi connectivity index (χ0) is 23.3. The zero-order valence-electron chi connectivity index (χ0n) is 16.7. The van der Waals surface area contributed by atoms with Crippen molar-refractivity contribution in [2.75, 3.05) is 0 Å². The van der Waals surface area contributed by atoms with Crippen LogP contribution in [0, 0.1) is 0 Å². The van der Waals surface area contributed by atoms with E-state index >= 15 is 0 Å². The fourth-order valence-electron chi connectivity index (χ4n) is 3.83. The molecule has 2 heterocycles. The summed E-state index contributed by atoms with van der Waals surface area (Å²) in [4.78, 5) is 13.3. The Balaban J connectivity index is 1.76. The van der Waals surface area contributed by atoms with E-state index in [0.717, 1.165) is 18.2 Å². The van der Waals surface area contributed by atoms with Gasteiger partial charge in [0.15, 0.2) is 18.5 Å². The van der Waals surface area contributed by atoms with Crippen LogP contribution in [0.3, 0.4) is 0 Å². The molecule has 1 fully saturated rings. The number of fused-ring (bicyclic) bond motifs is 1. The lowest BCUT2D eigenvalue weighted by Crippen LogP contribution is -2.59. The topological polar surface area (TPSA) is 186 Å². The Kier molecular flexibility index (Phi) is 5.61. The number of carbonyl (C=O) groups excluding carboxylic acids is 1. The first-order chi connectivity index (χ1) is 15.1. The Bertz CT molecular complexity index is 1020. The third-order valence-electron chi connectivity index (χ3n) is 5.44. The Hall–Kier alpha value is -3.09. The summed E-state index contributed by atoms with van der Waals surface area (Å²) in [7, 11) is 0. The summed E-state index contributed by atoms with van der Waals surface area (Å²) in [5.74, 6) is -2.59. The molecular weight excluding hydrogens is 428 g/mol. The predicted molar refractivity (Wildman–Crippen MR) is 104 cm³/mol. The molecule has 7 atom stereocenters. The molecule has 2 aliphatic heterocycles. The van der Waals surface area contributed by atoms with Gasteiger partial charge in [0, 0.05) is 23.8 Å². The molecule has 0 spiro atoms. The Labute approximate surface area is 181 Å². The summed E-state index contributed by atoms with van der Waals surface area (Å²) in [5.41, 5.74) is -0.194. The number of ketones is 1. The number of benzene rings is 2. The van der Waals surface area contributed by atoms with Crippen molar-refractivity contribution in [1.29, 1.82) is 0 Å². The number of hydrogen-bond donors (Lipinski definition) is 7. The van der Waals surface area contributed by atoms with E-state index in [-0.39, 0.29) is 34.1 Å². The fraction of sp³-hybridized carbons (Fsp3) is 0.381. The molecule has 0 radical (unpaired) electrons. The molecule has 4 rings (SSSR count). The molecule has 1 unspecified atom stereocenters. The number of ether oxygens (including phenoxy) is 3. The second-order valence-corrected chi connectivity index (χ2v) is 7.76. The van der Waals surface area contributed by atoms with Crippen molar-refractivity contribution in [2.45, 2.75) is 49.8 Å². The van der Waals surface area contributed by atoms with Gasteiger partial charge in [0.2, 0.25) is 5.78 Å². The lowest BCUT2D eigenvalue weighted by Gasteiger charge is -2.42. The minimum absolute atomic E-state index is 0.105. The van der Waals surface area contributed by atoms with Gasteiger partial charge in [-0.2, -0.15) is 0 Å². The van der Waals surface area contributed by atoms with Crippen molar-refractivity contribution >= 4 is 5.78 Å². The van der Waals surface area contributed by atoms with Crippen LogP contribution in [0.25, 0.3) is 0 Å². The molecule has 1 saturated heterocycles. The number of hydrogen-bond acceptors (Lipinski definition) is 11. The number of phenols is 4. The van der Waals surface area contributed by atoms with Gasteiger partial charge in [-0.05, 0) is 19.1 Å². The fourth-order valence-corrected chi connectivity index (χ4v) is 3.83. The first kappa shape index (κ1) is 22.1. The molecule has 7 N–H and O–H groups in total. The average molecular weight is 450 g/mol. The van der Waals surface area contributed by atoms with Crippen molar-refractivity contribution in [3.05, 3.63) is 41.5 Å². The Morgan fingerprint density at radius 2 is 1.47 bits per heavy atom. The minimum Gasteiger partial charge on any atom is -0.508 e. The van der Waals surface area contributed by atoms with Gasteiger partial charge in [-0.25, -0.2) is 0 Å². The molecule has 2 aromatic carbocycles. The van der Waals surface area contributed by atoms with E-state index in [0.29, 0.717) is 0 Å². The van der Waals surface area contributed by atoms with Crippen molar-refractivity contribution in [1.82, 2.24) is 0 Å². The summed E-state index contributed by atoms with van der Waals surface area (Å²) >= 11 is 0. The van der Waals surface area contributed by atoms with Gasteiger partial charge in [0.1, 0.15) is 52.6 Å². The molecule has 11 nitrogen and oxygen atoms in total. The van der Waals surface area contributed by atoms with E-state index in [9.17, 15) is 40.5 Å². The maximum Gasteiger partial charge on any atom is 0.203 e. The predicted octanol–water partition coefficient (Wildman–Crippen LogP) is 0.0381. The Morgan fingerprint density at radius 3 is 2.12 bits per heavy atom. The van der Waals surface area contributed by atoms with Crippen molar-refractivity contribution in [3.8, 4) is 28.7 Å². The van der Waals surface area contributed by atoms with Gasteiger partial charge >= 0.3 is 0 Å². The highest BCUT2D eigenvalue weighted by molar-refractivity contribution is 6.05. The molecular formula is C21H22O11. The molecule has 0 saturated carbocycles. The zero-order valence-corrected chi connectivity index (χ0v) is 16.7. The van der Waals surface area contributed by atoms with Crippen molar-refractivity contribution < 1.29 is 54.8 Å². The lowest BCUT2D eigenvalue weighted by molar-refractivity contribution is -0.304. The van der Waals surface area contributed by atoms with Crippen molar-refractivity contribution in [2.24, 2.45) is 0 Å². The second-order valence-electron chi connectivity index (χ2n) is 7.76. The molecule has 0 aliphatic carbocycles. The van der Waals surface area contributed by atoms with E-state index in [2.05, 4.69) is 0 Å². The van der Waals surface area contributed by atoms with Gasteiger partial charge < -0.3 is 50.0 Å². The van der Waals surface area contributed by atoms with Crippen LogP contribution in [-0.4, -0.2) is 78.3 Å². The quantitative estimate of drug-likeness (QED) is 0.335. The number of rotatable bonds is 3. The van der Waals surface area contributed by atoms with Gasteiger partial charge in [0.25, 0.3) is 0 Å². The smallest absolute Gasteiger partial charge is 0.203 e. The number of aromatic hydroxyl groups is 4. The van der Waals surface area contributed by atoms with Crippen LogP contribution in [0.1, 0.15) is 28.9 Å². The first-order valence-corrected chi connectivity index (χ1v) is 9.71. The maximum atomic E-state index is 13.3. The van der Waals surface area contributed by atoms with Crippen LogP contribution in [-0.2, 0) is 9.47 Å². The molecule has 0 amide bonds. The summed E-state index contributed by atoms with van der Waals surface area (Å²) in [6.07, 6.45) is -10.1. The summed E-state index contributed by atoms with van der Waals surface area (Å²) < 4.78 is 16.9. The van der Waals surface area contributed by atoms with Gasteiger partial charge in [-0.15, -0.1) is 0 Å². The number of phenolic OH excluding ortho intramolecular Hbond substituents is 4. The third kappa shape index (κ3) is 3.80. The minimum atomic E-state index is -1.72. The molecule has 11 heteroatoms. The number of aliphatic hydroxyl groups is 3. The van der Waals surface area contributed by atoms with Crippen LogP contribution < -0.4 is 4.74 Å². The molecule has 2 aromatic rings. The molecule has 172 valence electrons. The normalized spacial score (nSPS) is 32.2. The number of carbonyl (C=O) groups is 1. The van der Waals surface area contributed by atoms with Gasteiger partial charge in [-0.1, -0.05) is 0 Å². The highest BCUT2D eigenvalue weighted by Crippen LogP contribution is 2.44. The molecule has 0 bridgehead atoms. The second kappa shape index (κ2) is 8.11. The monoisotopic (exact) mass is 450 g/mol. The Morgan fingerprint density at radius 1 is 0.844 bits per heavy atom. The van der Waals surface area contributed by atoms with Crippen LogP contribution in [0.4, 0.5) is 0 Å². The largest absolute Gasteiger partial charge is 0.508 e. The van der Waals surface area contributed by atoms with E-state index in [4.69, 9.17) is 14.2 Å². The highest BCUT2D eigenvalue weighted by Gasteiger charge is 2.48. The van der Waals surface area contributed by atoms with Crippen molar-refractivity contribution in [3.63, 3.8) is 0 Å².